The fourth-order valence-corrected chi connectivity index (χ4v) is 3.68. The standard InChI is InChI=1S/C23H22N2O3/c1-14-11-15(2)25-23(27)19(14)12-24-22(26)17-9-7-16(8-10-17)20-13-28-21-6-4-3-5-18(20)21/h3-11,20H,12-13H2,1-2H3,(H,24,26)(H,25,27). The van der Waals surface area contributed by atoms with Crippen molar-refractivity contribution in [1.82, 2.24) is 10.3 Å². The van der Waals surface area contributed by atoms with E-state index in [-0.39, 0.29) is 23.9 Å². The first-order chi connectivity index (χ1) is 13.5. The van der Waals surface area contributed by atoms with E-state index in [1.165, 1.54) is 5.56 Å². The Hall–Kier alpha value is -3.34. The number of ether oxygens (including phenoxy) is 1. The molecule has 2 aromatic carbocycles. The first-order valence-electron chi connectivity index (χ1n) is 9.32. The van der Waals surface area contributed by atoms with Gasteiger partial charge in [-0.1, -0.05) is 30.3 Å². The van der Waals surface area contributed by atoms with Gasteiger partial charge in [-0.3, -0.25) is 9.59 Å². The highest BCUT2D eigenvalue weighted by molar-refractivity contribution is 5.94. The van der Waals surface area contributed by atoms with Gasteiger partial charge in [-0.25, -0.2) is 0 Å². The summed E-state index contributed by atoms with van der Waals surface area (Å²) in [6.45, 7) is 4.53. The van der Waals surface area contributed by atoms with E-state index in [4.69, 9.17) is 4.74 Å². The van der Waals surface area contributed by atoms with Crippen LogP contribution in [0.15, 0.2) is 59.4 Å². The maximum Gasteiger partial charge on any atom is 0.253 e. The Bertz CT molecular complexity index is 1080. The lowest BCUT2D eigenvalue weighted by molar-refractivity contribution is 0.0950. The van der Waals surface area contributed by atoms with Crippen LogP contribution >= 0.6 is 0 Å². The molecule has 1 aromatic heterocycles. The van der Waals surface area contributed by atoms with Gasteiger partial charge in [0.15, 0.2) is 0 Å². The van der Waals surface area contributed by atoms with Crippen LogP contribution in [0.4, 0.5) is 0 Å². The smallest absolute Gasteiger partial charge is 0.253 e. The van der Waals surface area contributed by atoms with Crippen LogP contribution in [0.1, 0.15) is 44.2 Å². The summed E-state index contributed by atoms with van der Waals surface area (Å²) in [6, 6.07) is 17.5. The molecule has 5 nitrogen and oxygen atoms in total. The van der Waals surface area contributed by atoms with Crippen LogP contribution in [-0.4, -0.2) is 17.5 Å². The number of para-hydroxylation sites is 1. The lowest BCUT2D eigenvalue weighted by Crippen LogP contribution is -2.27. The number of aromatic nitrogens is 1. The van der Waals surface area contributed by atoms with Gasteiger partial charge in [0.05, 0.1) is 6.61 Å². The molecule has 5 heteroatoms. The van der Waals surface area contributed by atoms with Gasteiger partial charge in [0.25, 0.3) is 11.5 Å². The third-order valence-electron chi connectivity index (χ3n) is 5.19. The van der Waals surface area contributed by atoms with E-state index < -0.39 is 0 Å². The molecule has 142 valence electrons. The van der Waals surface area contributed by atoms with Crippen molar-refractivity contribution in [1.29, 1.82) is 0 Å². The molecule has 1 aliphatic heterocycles. The molecule has 2 N–H and O–H groups in total. The lowest BCUT2D eigenvalue weighted by Gasteiger charge is -2.11. The van der Waals surface area contributed by atoms with Crippen LogP contribution in [0, 0.1) is 13.8 Å². The summed E-state index contributed by atoms with van der Waals surface area (Å²) in [4.78, 5) is 27.3. The number of hydrogen-bond acceptors (Lipinski definition) is 3. The van der Waals surface area contributed by atoms with Crippen molar-refractivity contribution < 1.29 is 9.53 Å². The number of rotatable bonds is 4. The van der Waals surface area contributed by atoms with Gasteiger partial charge in [0.1, 0.15) is 5.75 Å². The number of hydrogen-bond donors (Lipinski definition) is 2. The fourth-order valence-electron chi connectivity index (χ4n) is 3.68. The SMILES string of the molecule is Cc1cc(C)c(CNC(=O)c2ccc(C3COc4ccccc43)cc2)c(=O)[nH]1. The maximum absolute atomic E-state index is 12.5. The molecule has 1 aliphatic rings. The highest BCUT2D eigenvalue weighted by Gasteiger charge is 2.25. The number of carbonyl (C=O) groups excluding carboxylic acids is 1. The van der Waals surface area contributed by atoms with E-state index in [0.717, 1.165) is 22.6 Å². The summed E-state index contributed by atoms with van der Waals surface area (Å²) in [5.74, 6) is 0.907. The largest absolute Gasteiger partial charge is 0.492 e. The minimum atomic E-state index is -0.200. The van der Waals surface area contributed by atoms with Gasteiger partial charge in [0, 0.05) is 34.8 Å². The van der Waals surface area contributed by atoms with Crippen molar-refractivity contribution in [2.75, 3.05) is 6.61 Å². The second-order valence-corrected chi connectivity index (χ2v) is 7.15. The summed E-state index contributed by atoms with van der Waals surface area (Å²) in [6.07, 6.45) is 0. The van der Waals surface area contributed by atoms with Gasteiger partial charge >= 0.3 is 0 Å². The predicted molar refractivity (Wildman–Crippen MR) is 108 cm³/mol. The Morgan fingerprint density at radius 2 is 1.89 bits per heavy atom. The number of aryl methyl sites for hydroxylation is 2. The van der Waals surface area contributed by atoms with Crippen molar-refractivity contribution in [3.8, 4) is 5.75 Å². The Morgan fingerprint density at radius 3 is 2.64 bits per heavy atom. The third-order valence-corrected chi connectivity index (χ3v) is 5.19. The Kier molecular flexibility index (Phi) is 4.74. The average molecular weight is 374 g/mol. The molecular formula is C23H22N2O3. The van der Waals surface area contributed by atoms with Crippen LogP contribution < -0.4 is 15.6 Å². The number of pyridine rings is 1. The lowest BCUT2D eigenvalue weighted by atomic mass is 9.92. The average Bonchev–Trinajstić information content (AvgIpc) is 3.11. The molecule has 0 saturated carbocycles. The Balaban J connectivity index is 1.46. The second-order valence-electron chi connectivity index (χ2n) is 7.15. The minimum absolute atomic E-state index is 0.159. The number of nitrogens with one attached hydrogen (secondary N) is 2. The van der Waals surface area contributed by atoms with E-state index in [0.29, 0.717) is 17.7 Å². The molecule has 0 aliphatic carbocycles. The molecule has 2 heterocycles. The summed E-state index contributed by atoms with van der Waals surface area (Å²) < 4.78 is 5.75. The highest BCUT2D eigenvalue weighted by atomic mass is 16.5. The maximum atomic E-state index is 12.5. The number of amides is 1. The predicted octanol–water partition coefficient (Wildman–Crippen LogP) is 3.45. The van der Waals surface area contributed by atoms with Crippen molar-refractivity contribution in [3.05, 3.63) is 98.5 Å². The van der Waals surface area contributed by atoms with Crippen molar-refractivity contribution in [3.63, 3.8) is 0 Å². The van der Waals surface area contributed by atoms with Crippen molar-refractivity contribution >= 4 is 5.91 Å². The van der Waals surface area contributed by atoms with E-state index in [2.05, 4.69) is 16.4 Å². The van der Waals surface area contributed by atoms with E-state index >= 15 is 0 Å². The van der Waals surface area contributed by atoms with E-state index in [1.54, 1.807) is 0 Å². The first kappa shape index (κ1) is 18.0. The molecule has 1 unspecified atom stereocenters. The third kappa shape index (κ3) is 3.43. The zero-order valence-corrected chi connectivity index (χ0v) is 15.9. The summed E-state index contributed by atoms with van der Waals surface area (Å²) in [5, 5.41) is 2.84. The van der Waals surface area contributed by atoms with Crippen molar-refractivity contribution in [2.45, 2.75) is 26.3 Å². The zero-order chi connectivity index (χ0) is 19.7. The first-order valence-corrected chi connectivity index (χ1v) is 9.32. The molecule has 1 atom stereocenters. The second kappa shape index (κ2) is 7.35. The van der Waals surface area contributed by atoms with Crippen LogP contribution in [-0.2, 0) is 6.54 Å². The zero-order valence-electron chi connectivity index (χ0n) is 15.9. The van der Waals surface area contributed by atoms with Crippen LogP contribution in [0.2, 0.25) is 0 Å². The van der Waals surface area contributed by atoms with Crippen molar-refractivity contribution in [2.24, 2.45) is 0 Å². The van der Waals surface area contributed by atoms with Gasteiger partial charge in [-0.05, 0) is 49.2 Å². The highest BCUT2D eigenvalue weighted by Crippen LogP contribution is 2.37. The van der Waals surface area contributed by atoms with Gasteiger partial charge < -0.3 is 15.0 Å². The molecule has 3 aromatic rings. The molecule has 0 bridgehead atoms. The summed E-state index contributed by atoms with van der Waals surface area (Å²) in [5.41, 5.74) is 4.96. The number of fused-ring (bicyclic) bond motifs is 1. The molecule has 28 heavy (non-hydrogen) atoms. The molecule has 0 saturated heterocycles. The number of aromatic amines is 1. The molecule has 0 fully saturated rings. The number of carbonyl (C=O) groups is 1. The summed E-state index contributed by atoms with van der Waals surface area (Å²) >= 11 is 0. The number of benzene rings is 2. The topological polar surface area (TPSA) is 71.2 Å². The minimum Gasteiger partial charge on any atom is -0.492 e. The Morgan fingerprint density at radius 1 is 1.14 bits per heavy atom. The quantitative estimate of drug-likeness (QED) is 0.735. The molecule has 0 spiro atoms. The van der Waals surface area contributed by atoms with Crippen LogP contribution in [0.3, 0.4) is 0 Å². The van der Waals surface area contributed by atoms with Gasteiger partial charge in [-0.15, -0.1) is 0 Å². The molecule has 0 radical (unpaired) electrons. The van der Waals surface area contributed by atoms with Crippen LogP contribution in [0.5, 0.6) is 5.75 Å². The number of H-pyrrole nitrogens is 1. The van der Waals surface area contributed by atoms with Gasteiger partial charge in [0.2, 0.25) is 0 Å². The fraction of sp³-hybridized carbons (Fsp3) is 0.217. The van der Waals surface area contributed by atoms with E-state index in [9.17, 15) is 9.59 Å². The monoisotopic (exact) mass is 374 g/mol. The Labute approximate surface area is 163 Å². The summed E-state index contributed by atoms with van der Waals surface area (Å²) in [7, 11) is 0. The van der Waals surface area contributed by atoms with E-state index in [1.807, 2.05) is 62.4 Å². The molecule has 1 amide bonds. The normalized spacial score (nSPS) is 15.0. The molecule has 4 rings (SSSR count). The van der Waals surface area contributed by atoms with Crippen LogP contribution in [0.25, 0.3) is 0 Å². The molecular weight excluding hydrogens is 352 g/mol. The van der Waals surface area contributed by atoms with Gasteiger partial charge in [-0.2, -0.15) is 0 Å².